The number of nitrogens with two attached hydrogens (primary N) is 2. The van der Waals surface area contributed by atoms with E-state index in [1.807, 2.05) is 84.9 Å². The highest BCUT2D eigenvalue weighted by atomic mass is 16.5. The number of benzene rings is 4. The lowest BCUT2D eigenvalue weighted by atomic mass is 9.87. The highest BCUT2D eigenvalue weighted by Gasteiger charge is 2.30. The first kappa shape index (κ1) is 46.4. The number of unbranched alkanes of at least 4 members (excludes halogenated alkanes) is 1. The number of nitrogen functional groups attached to an aromatic ring is 2. The number of nitrogens with zero attached hydrogens (tertiary/aromatic N) is 4. The summed E-state index contributed by atoms with van der Waals surface area (Å²) in [6, 6.07) is 27.3. The van der Waals surface area contributed by atoms with Gasteiger partial charge in [-0.2, -0.15) is 0 Å². The summed E-state index contributed by atoms with van der Waals surface area (Å²) in [5, 5.41) is 2.18. The smallest absolute Gasteiger partial charge is 0.196 e. The average Bonchev–Trinajstić information content (AvgIpc) is 3.82. The van der Waals surface area contributed by atoms with Crippen LogP contribution >= 0.6 is 0 Å². The van der Waals surface area contributed by atoms with Crippen LogP contribution in [0.15, 0.2) is 97.3 Å². The highest BCUT2D eigenvalue weighted by molar-refractivity contribution is 6.12. The van der Waals surface area contributed by atoms with Gasteiger partial charge >= 0.3 is 0 Å². The summed E-state index contributed by atoms with van der Waals surface area (Å²) < 4.78 is 15.0. The number of ether oxygens (including phenoxy) is 2. The number of likely N-dealkylation sites (tertiary alicyclic amines) is 2. The molecular formula is C54H70N6O4. The molecule has 2 aliphatic rings. The summed E-state index contributed by atoms with van der Waals surface area (Å²) >= 11 is 0. The third-order valence-corrected chi connectivity index (χ3v) is 13.3. The first-order valence-corrected chi connectivity index (χ1v) is 23.6. The van der Waals surface area contributed by atoms with Crippen LogP contribution in [0.25, 0.3) is 21.8 Å². The Labute approximate surface area is 380 Å². The number of aromatic nitrogens is 2. The lowest BCUT2D eigenvalue weighted by Gasteiger charge is -2.40. The first-order chi connectivity index (χ1) is 30.8. The van der Waals surface area contributed by atoms with E-state index in [-0.39, 0.29) is 17.1 Å². The summed E-state index contributed by atoms with van der Waals surface area (Å²) in [6.45, 7) is 21.2. The second kappa shape index (κ2) is 20.5. The highest BCUT2D eigenvalue weighted by Crippen LogP contribution is 2.38. The normalized spacial score (nSPS) is 15.7. The minimum Gasteiger partial charge on any atom is -0.494 e. The standard InChI is InChI=1S/2C27H35N3O2/c1-5-16-32-25-9-7-6-8-21(25)26(31)20-10-11-24-22(17-20)23(18-30(24)28)19-12-14-29(15-13-19)27(2,3)4;1-4-5-15-32-23-8-6-7-21(16-23)27(31)22-9-10-26-24(17-22)25(18-30(26)28)20-11-13-29(14-12-20)19(2)3/h6-11,17-19H,5,12-16,28H2,1-4H3;6-10,16-20H,4-5,11-15,28H2,1-3H3. The van der Waals surface area contributed by atoms with Gasteiger partial charge in [0.15, 0.2) is 11.6 Å². The van der Waals surface area contributed by atoms with E-state index in [0.717, 1.165) is 98.7 Å². The Bertz CT molecular complexity index is 2530. The van der Waals surface area contributed by atoms with Gasteiger partial charge in [0.1, 0.15) is 11.5 Å². The summed E-state index contributed by atoms with van der Waals surface area (Å²) in [7, 11) is 0. The van der Waals surface area contributed by atoms with Gasteiger partial charge in [-0.15, -0.1) is 0 Å². The number of carbonyl (C=O) groups excluding carboxylic acids is 2. The molecule has 10 heteroatoms. The van der Waals surface area contributed by atoms with Crippen LogP contribution in [0.4, 0.5) is 0 Å². The molecule has 4 aromatic carbocycles. The lowest BCUT2D eigenvalue weighted by molar-refractivity contribution is 0.102. The predicted octanol–water partition coefficient (Wildman–Crippen LogP) is 10.7. The van der Waals surface area contributed by atoms with Gasteiger partial charge in [0, 0.05) is 51.4 Å². The number of carbonyl (C=O) groups is 2. The number of rotatable bonds is 14. The van der Waals surface area contributed by atoms with Crippen molar-refractivity contribution in [3.63, 3.8) is 0 Å². The van der Waals surface area contributed by atoms with Gasteiger partial charge in [0.25, 0.3) is 0 Å². The van der Waals surface area contributed by atoms with E-state index in [2.05, 4.69) is 70.7 Å². The Hall–Kier alpha value is -5.58. The number of ketones is 2. The van der Waals surface area contributed by atoms with Gasteiger partial charge in [-0.1, -0.05) is 44.5 Å². The number of fused-ring (bicyclic) bond motifs is 2. The van der Waals surface area contributed by atoms with Gasteiger partial charge in [-0.25, -0.2) is 0 Å². The van der Waals surface area contributed by atoms with Crippen LogP contribution in [-0.2, 0) is 0 Å². The first-order valence-electron chi connectivity index (χ1n) is 23.6. The van der Waals surface area contributed by atoms with E-state index in [1.165, 1.54) is 11.1 Å². The Morgan fingerprint density at radius 1 is 0.656 bits per heavy atom. The summed E-state index contributed by atoms with van der Waals surface area (Å²) in [5.41, 5.74) is 7.26. The van der Waals surface area contributed by atoms with Crippen LogP contribution in [0.3, 0.4) is 0 Å². The van der Waals surface area contributed by atoms with Crippen molar-refractivity contribution in [1.29, 1.82) is 0 Å². The Morgan fingerprint density at radius 3 is 1.78 bits per heavy atom. The number of hydrogen-bond donors (Lipinski definition) is 2. The van der Waals surface area contributed by atoms with Crippen molar-refractivity contribution in [1.82, 2.24) is 19.2 Å². The molecule has 4 N–H and O–H groups in total. The maximum absolute atomic E-state index is 13.4. The van der Waals surface area contributed by atoms with Crippen LogP contribution in [0, 0.1) is 0 Å². The third-order valence-electron chi connectivity index (χ3n) is 13.3. The Morgan fingerprint density at radius 2 is 1.22 bits per heavy atom. The van der Waals surface area contributed by atoms with Gasteiger partial charge in [0.2, 0.25) is 0 Å². The molecule has 2 aliphatic heterocycles. The summed E-state index contributed by atoms with van der Waals surface area (Å²) in [6.07, 6.45) is 11.5. The van der Waals surface area contributed by atoms with E-state index in [0.29, 0.717) is 59.1 Å². The predicted molar refractivity (Wildman–Crippen MR) is 262 cm³/mol. The molecule has 0 unspecified atom stereocenters. The molecule has 340 valence electrons. The quantitative estimate of drug-likeness (QED) is 0.0631. The molecule has 0 atom stereocenters. The number of para-hydroxylation sites is 1. The van der Waals surface area contributed by atoms with Gasteiger partial charge in [-0.05, 0) is 183 Å². The monoisotopic (exact) mass is 867 g/mol. The van der Waals surface area contributed by atoms with Crippen LogP contribution in [0.2, 0.25) is 0 Å². The molecule has 0 spiro atoms. The van der Waals surface area contributed by atoms with Crippen LogP contribution in [0.1, 0.15) is 148 Å². The molecule has 8 rings (SSSR count). The second-order valence-electron chi connectivity index (χ2n) is 19.0. The van der Waals surface area contributed by atoms with E-state index < -0.39 is 0 Å². The molecule has 2 fully saturated rings. The van der Waals surface area contributed by atoms with E-state index >= 15 is 0 Å². The van der Waals surface area contributed by atoms with Gasteiger partial charge in [-0.3, -0.25) is 23.8 Å². The number of hydrogen-bond acceptors (Lipinski definition) is 8. The SMILES string of the molecule is CCCCOc1cccc(C(=O)c2ccc3c(c2)c(C2CCN(C(C)C)CC2)cn3N)c1.CCCOc1ccccc1C(=O)c1ccc2c(c1)c(C1CCN(C(C)(C)C)CC1)cn2N. The lowest BCUT2D eigenvalue weighted by Crippen LogP contribution is -2.45. The fraction of sp³-hybridized carbons (Fsp3) is 0.444. The van der Waals surface area contributed by atoms with E-state index in [4.69, 9.17) is 21.2 Å². The molecule has 0 radical (unpaired) electrons. The van der Waals surface area contributed by atoms with Crippen LogP contribution in [-0.4, -0.2) is 81.7 Å². The Kier molecular flexibility index (Phi) is 14.9. The zero-order valence-electron chi connectivity index (χ0n) is 39.2. The average molecular weight is 867 g/mol. The van der Waals surface area contributed by atoms with Crippen molar-refractivity contribution in [2.45, 2.75) is 117 Å². The van der Waals surface area contributed by atoms with E-state index in [9.17, 15) is 9.59 Å². The van der Waals surface area contributed by atoms with Crippen molar-refractivity contribution in [2.24, 2.45) is 0 Å². The molecule has 2 aromatic heterocycles. The third kappa shape index (κ3) is 10.5. The molecular weight excluding hydrogens is 797 g/mol. The van der Waals surface area contributed by atoms with Crippen molar-refractivity contribution >= 4 is 33.4 Å². The molecule has 0 saturated carbocycles. The van der Waals surface area contributed by atoms with Gasteiger partial charge < -0.3 is 26.1 Å². The van der Waals surface area contributed by atoms with Crippen molar-refractivity contribution < 1.29 is 19.1 Å². The fourth-order valence-electron chi connectivity index (χ4n) is 9.46. The maximum atomic E-state index is 13.4. The minimum absolute atomic E-state index is 0.0122. The molecule has 0 aliphatic carbocycles. The second-order valence-corrected chi connectivity index (χ2v) is 19.0. The molecule has 6 aromatic rings. The fourth-order valence-corrected chi connectivity index (χ4v) is 9.46. The zero-order chi connectivity index (χ0) is 45.5. The molecule has 64 heavy (non-hydrogen) atoms. The molecule has 0 amide bonds. The van der Waals surface area contributed by atoms with Crippen LogP contribution in [0.5, 0.6) is 11.5 Å². The molecule has 2 saturated heterocycles. The van der Waals surface area contributed by atoms with Crippen molar-refractivity contribution in [2.75, 3.05) is 51.1 Å². The van der Waals surface area contributed by atoms with Crippen LogP contribution < -0.4 is 21.2 Å². The van der Waals surface area contributed by atoms with Crippen molar-refractivity contribution in [3.8, 4) is 11.5 Å². The molecule has 10 nitrogen and oxygen atoms in total. The minimum atomic E-state index is -0.0168. The molecule has 0 bridgehead atoms. The topological polar surface area (TPSA) is 121 Å². The summed E-state index contributed by atoms with van der Waals surface area (Å²) in [5.74, 6) is 14.9. The van der Waals surface area contributed by atoms with E-state index in [1.54, 1.807) is 9.35 Å². The van der Waals surface area contributed by atoms with Crippen molar-refractivity contribution in [3.05, 3.63) is 131 Å². The maximum Gasteiger partial charge on any atom is 0.196 e. The number of piperidine rings is 2. The zero-order valence-corrected chi connectivity index (χ0v) is 39.2. The Balaban J connectivity index is 0.000000191. The summed E-state index contributed by atoms with van der Waals surface area (Å²) in [4.78, 5) is 31.8. The molecule has 4 heterocycles. The largest absolute Gasteiger partial charge is 0.494 e. The van der Waals surface area contributed by atoms with Gasteiger partial charge in [0.05, 0.1) is 29.8 Å².